The normalized spacial score (nSPS) is 19.4. The van der Waals surface area contributed by atoms with Crippen LogP contribution in [0.4, 0.5) is 5.82 Å². The lowest BCUT2D eigenvalue weighted by molar-refractivity contribution is 0.0827. The standard InChI is InChI=1S/C35H36N8OS/c1-41-17-19-42(20-18-41)25-10-12-26(13-11-25)43-22-30(33-34(37)39-23-40-35(33)43)44-27-14-8-24(9-15-27)28-5-4-6-31(29(28)21-36)45-32-7-2-3-16-38-32/h2-9,14-16,22-23,25-26H,10-13,17-20H2,1H3,(H2,37,39,40). The van der Waals surface area contributed by atoms with Crippen LogP contribution in [-0.4, -0.2) is 68.6 Å². The van der Waals surface area contributed by atoms with Crippen molar-refractivity contribution in [2.24, 2.45) is 0 Å². The van der Waals surface area contributed by atoms with Gasteiger partial charge in [-0.05, 0) is 68.6 Å². The zero-order valence-electron chi connectivity index (χ0n) is 25.3. The van der Waals surface area contributed by atoms with E-state index in [9.17, 15) is 5.26 Å². The molecule has 2 fully saturated rings. The summed E-state index contributed by atoms with van der Waals surface area (Å²) in [6, 6.07) is 22.9. The van der Waals surface area contributed by atoms with E-state index in [0.717, 1.165) is 71.1 Å². The lowest BCUT2D eigenvalue weighted by Crippen LogP contribution is -2.49. The second-order valence-corrected chi connectivity index (χ2v) is 12.9. The van der Waals surface area contributed by atoms with Gasteiger partial charge in [0, 0.05) is 61.1 Å². The molecule has 3 aromatic heterocycles. The molecule has 4 heterocycles. The molecule has 2 aromatic carbocycles. The fourth-order valence-corrected chi connectivity index (χ4v) is 7.53. The highest BCUT2D eigenvalue weighted by Crippen LogP contribution is 2.40. The molecule has 1 saturated heterocycles. The molecular formula is C35H36N8OS. The molecule has 0 spiro atoms. The van der Waals surface area contributed by atoms with Gasteiger partial charge >= 0.3 is 0 Å². The van der Waals surface area contributed by atoms with Crippen LogP contribution in [0.25, 0.3) is 22.2 Å². The first-order valence-corrected chi connectivity index (χ1v) is 16.3. The van der Waals surface area contributed by atoms with Crippen molar-refractivity contribution in [2.45, 2.75) is 47.7 Å². The molecule has 5 aromatic rings. The smallest absolute Gasteiger partial charge is 0.158 e. The van der Waals surface area contributed by atoms with Gasteiger partial charge < -0.3 is 19.9 Å². The third kappa shape index (κ3) is 6.12. The van der Waals surface area contributed by atoms with Crippen molar-refractivity contribution >= 4 is 28.6 Å². The number of benzene rings is 2. The highest BCUT2D eigenvalue weighted by Gasteiger charge is 2.30. The van der Waals surface area contributed by atoms with Gasteiger partial charge in [0.2, 0.25) is 0 Å². The lowest BCUT2D eigenvalue weighted by Gasteiger charge is -2.41. The Bertz CT molecular complexity index is 1820. The summed E-state index contributed by atoms with van der Waals surface area (Å²) in [5.74, 6) is 1.75. The molecule has 0 amide bonds. The minimum Gasteiger partial charge on any atom is -0.455 e. The largest absolute Gasteiger partial charge is 0.455 e. The van der Waals surface area contributed by atoms with Crippen molar-refractivity contribution < 1.29 is 4.74 Å². The maximum atomic E-state index is 10.1. The maximum Gasteiger partial charge on any atom is 0.158 e. The summed E-state index contributed by atoms with van der Waals surface area (Å²) >= 11 is 1.49. The summed E-state index contributed by atoms with van der Waals surface area (Å²) in [4.78, 5) is 19.3. The monoisotopic (exact) mass is 616 g/mol. The molecule has 2 aliphatic rings. The van der Waals surface area contributed by atoms with E-state index in [1.54, 1.807) is 6.20 Å². The molecule has 1 aliphatic heterocycles. The molecule has 228 valence electrons. The zero-order valence-corrected chi connectivity index (χ0v) is 26.2. The number of hydrogen-bond acceptors (Lipinski definition) is 9. The summed E-state index contributed by atoms with van der Waals surface area (Å²) in [5.41, 5.74) is 9.64. The summed E-state index contributed by atoms with van der Waals surface area (Å²) in [6.45, 7) is 4.62. The van der Waals surface area contributed by atoms with Gasteiger partial charge in [0.15, 0.2) is 5.75 Å². The molecule has 0 bridgehead atoms. The van der Waals surface area contributed by atoms with E-state index >= 15 is 0 Å². The quantitative estimate of drug-likeness (QED) is 0.216. The first-order chi connectivity index (χ1) is 22.1. The van der Waals surface area contributed by atoms with Crippen LogP contribution in [0, 0.1) is 11.3 Å². The summed E-state index contributed by atoms with van der Waals surface area (Å²) < 4.78 is 8.70. The number of nitrogens with zero attached hydrogens (tertiary/aromatic N) is 7. The Hall–Kier alpha value is -4.43. The number of hydrogen-bond donors (Lipinski definition) is 1. The number of likely N-dealkylation sites (N-methyl/N-ethyl adjacent to an activating group) is 1. The van der Waals surface area contributed by atoms with Crippen LogP contribution in [0.3, 0.4) is 0 Å². The molecule has 0 atom stereocenters. The third-order valence-corrected chi connectivity index (χ3v) is 10.1. The number of nitrogen functional groups attached to an aromatic ring is 1. The topological polar surface area (TPSA) is 109 Å². The number of ether oxygens (including phenoxy) is 1. The summed E-state index contributed by atoms with van der Waals surface area (Å²) in [5, 5.41) is 11.7. The number of rotatable bonds is 7. The number of aromatic nitrogens is 4. The first-order valence-electron chi connectivity index (χ1n) is 15.5. The number of piperazine rings is 1. The molecule has 10 heteroatoms. The first kappa shape index (κ1) is 29.3. The van der Waals surface area contributed by atoms with Gasteiger partial charge in [-0.3, -0.25) is 4.90 Å². The number of nitriles is 1. The van der Waals surface area contributed by atoms with Crippen molar-refractivity contribution in [2.75, 3.05) is 39.0 Å². The van der Waals surface area contributed by atoms with E-state index in [-0.39, 0.29) is 0 Å². The van der Waals surface area contributed by atoms with Crippen LogP contribution in [-0.2, 0) is 0 Å². The second-order valence-electron chi connectivity index (χ2n) is 11.8. The summed E-state index contributed by atoms with van der Waals surface area (Å²) in [6.07, 6.45) is 9.90. The van der Waals surface area contributed by atoms with E-state index in [1.807, 2.05) is 60.7 Å². The molecule has 0 unspecified atom stereocenters. The second kappa shape index (κ2) is 12.9. The van der Waals surface area contributed by atoms with Gasteiger partial charge in [-0.1, -0.05) is 42.1 Å². The zero-order chi connectivity index (χ0) is 30.8. The average molecular weight is 617 g/mol. The Morgan fingerprint density at radius 2 is 1.67 bits per heavy atom. The van der Waals surface area contributed by atoms with E-state index in [4.69, 9.17) is 10.5 Å². The molecule has 2 N–H and O–H groups in total. The highest BCUT2D eigenvalue weighted by atomic mass is 32.2. The van der Waals surface area contributed by atoms with Crippen molar-refractivity contribution in [3.05, 3.63) is 84.9 Å². The SMILES string of the molecule is CN1CCN(C2CCC(n3cc(Oc4ccc(-c5cccc(Sc6ccccn6)c5C#N)cc4)c4c(N)ncnc43)CC2)CC1. The molecule has 1 aliphatic carbocycles. The highest BCUT2D eigenvalue weighted by molar-refractivity contribution is 7.99. The van der Waals surface area contributed by atoms with Gasteiger partial charge in [-0.15, -0.1) is 0 Å². The van der Waals surface area contributed by atoms with Crippen LogP contribution in [0.15, 0.2) is 89.3 Å². The Labute approximate surface area is 267 Å². The number of anilines is 1. The molecular weight excluding hydrogens is 581 g/mol. The van der Waals surface area contributed by atoms with Gasteiger partial charge in [0.05, 0.1) is 5.56 Å². The predicted octanol–water partition coefficient (Wildman–Crippen LogP) is 6.62. The fraction of sp³-hybridized carbons (Fsp3) is 0.314. The molecule has 9 nitrogen and oxygen atoms in total. The van der Waals surface area contributed by atoms with Crippen LogP contribution in [0.5, 0.6) is 11.5 Å². The fourth-order valence-electron chi connectivity index (χ4n) is 6.64. The number of pyridine rings is 1. The molecule has 45 heavy (non-hydrogen) atoms. The van der Waals surface area contributed by atoms with Crippen molar-refractivity contribution in [3.63, 3.8) is 0 Å². The summed E-state index contributed by atoms with van der Waals surface area (Å²) in [7, 11) is 2.21. The lowest BCUT2D eigenvalue weighted by atomic mass is 9.89. The molecule has 7 rings (SSSR count). The molecule has 1 saturated carbocycles. The van der Waals surface area contributed by atoms with Crippen LogP contribution < -0.4 is 10.5 Å². The number of fused-ring (bicyclic) bond motifs is 1. The van der Waals surface area contributed by atoms with Gasteiger partial charge in [0.25, 0.3) is 0 Å². The van der Waals surface area contributed by atoms with Gasteiger partial charge in [-0.2, -0.15) is 5.26 Å². The van der Waals surface area contributed by atoms with Gasteiger partial charge in [0.1, 0.15) is 40.0 Å². The Balaban J connectivity index is 1.10. The third-order valence-electron chi connectivity index (χ3n) is 9.10. The number of nitrogens with two attached hydrogens (primary N) is 1. The minimum absolute atomic E-state index is 0.339. The van der Waals surface area contributed by atoms with Crippen LogP contribution in [0.2, 0.25) is 0 Å². The van der Waals surface area contributed by atoms with Gasteiger partial charge in [-0.25, -0.2) is 15.0 Å². The van der Waals surface area contributed by atoms with Crippen molar-refractivity contribution in [1.82, 2.24) is 29.3 Å². The predicted molar refractivity (Wildman–Crippen MR) is 177 cm³/mol. The van der Waals surface area contributed by atoms with E-state index in [0.29, 0.717) is 35.0 Å². The minimum atomic E-state index is 0.339. The van der Waals surface area contributed by atoms with Crippen molar-refractivity contribution in [1.29, 1.82) is 5.26 Å². The average Bonchev–Trinajstić information content (AvgIpc) is 3.45. The van der Waals surface area contributed by atoms with E-state index in [2.05, 4.69) is 48.6 Å². The van der Waals surface area contributed by atoms with E-state index in [1.165, 1.54) is 30.9 Å². The Morgan fingerprint density at radius 3 is 2.40 bits per heavy atom. The molecule has 0 radical (unpaired) electrons. The van der Waals surface area contributed by atoms with Crippen molar-refractivity contribution in [3.8, 4) is 28.7 Å². The van der Waals surface area contributed by atoms with Crippen LogP contribution >= 0.6 is 11.8 Å². The van der Waals surface area contributed by atoms with Crippen LogP contribution in [0.1, 0.15) is 37.3 Å². The van der Waals surface area contributed by atoms with E-state index < -0.39 is 0 Å². The Morgan fingerprint density at radius 1 is 0.889 bits per heavy atom. The Kier molecular flexibility index (Phi) is 8.39. The maximum absolute atomic E-state index is 10.1.